The molecule has 143 valence electrons. The van der Waals surface area contributed by atoms with Gasteiger partial charge in [0.05, 0.1) is 6.10 Å². The highest BCUT2D eigenvalue weighted by atomic mass is 16.3. The van der Waals surface area contributed by atoms with Gasteiger partial charge < -0.3 is 15.7 Å². The van der Waals surface area contributed by atoms with Gasteiger partial charge in [0.25, 0.3) is 5.91 Å². The normalized spacial score (nSPS) is 13.1. The first-order valence-corrected chi connectivity index (χ1v) is 9.00. The third-order valence-corrected chi connectivity index (χ3v) is 4.03. The molecule has 0 bridgehead atoms. The number of hydrogen-bond donors (Lipinski definition) is 3. The number of aliphatic hydroxyl groups excluding tert-OH is 1. The lowest BCUT2D eigenvalue weighted by Crippen LogP contribution is -2.52. The number of nitrogens with one attached hydrogen (secondary N) is 2. The summed E-state index contributed by atoms with van der Waals surface area (Å²) in [5, 5.41) is 15.1. The van der Waals surface area contributed by atoms with E-state index >= 15 is 0 Å². The summed E-state index contributed by atoms with van der Waals surface area (Å²) < 4.78 is 0. The van der Waals surface area contributed by atoms with Gasteiger partial charge in [0.1, 0.15) is 6.04 Å². The van der Waals surface area contributed by atoms with Crippen LogP contribution in [0.4, 0.5) is 0 Å². The van der Waals surface area contributed by atoms with E-state index < -0.39 is 24.0 Å². The Hall–Kier alpha value is -2.73. The van der Waals surface area contributed by atoms with Crippen molar-refractivity contribution in [1.29, 1.82) is 0 Å². The molecule has 0 aliphatic heterocycles. The maximum Gasteiger partial charge on any atom is 0.252 e. The zero-order valence-corrected chi connectivity index (χ0v) is 15.8. The Morgan fingerprint density at radius 1 is 1.11 bits per heavy atom. The number of amides is 2. The van der Waals surface area contributed by atoms with E-state index in [1.165, 1.54) is 6.92 Å². The smallest absolute Gasteiger partial charge is 0.252 e. The van der Waals surface area contributed by atoms with Gasteiger partial charge in [-0.2, -0.15) is 0 Å². The van der Waals surface area contributed by atoms with Crippen molar-refractivity contribution in [3.63, 3.8) is 0 Å². The van der Waals surface area contributed by atoms with Crippen LogP contribution in [0.3, 0.4) is 0 Å². The van der Waals surface area contributed by atoms with Crippen LogP contribution in [-0.4, -0.2) is 34.1 Å². The molecule has 0 aliphatic rings. The molecule has 0 saturated carbocycles. The van der Waals surface area contributed by atoms with Gasteiger partial charge in [-0.3, -0.25) is 14.6 Å². The summed E-state index contributed by atoms with van der Waals surface area (Å²) in [7, 11) is 0. The van der Waals surface area contributed by atoms with Gasteiger partial charge in [0, 0.05) is 24.5 Å². The number of hydrogen-bond acceptors (Lipinski definition) is 4. The van der Waals surface area contributed by atoms with E-state index in [1.807, 2.05) is 38.1 Å². The number of aliphatic hydroxyl groups is 1. The topological polar surface area (TPSA) is 91.3 Å². The van der Waals surface area contributed by atoms with Crippen molar-refractivity contribution in [3.8, 4) is 11.1 Å². The number of rotatable bonds is 8. The molecule has 2 atom stereocenters. The molecule has 2 aromatic rings. The Morgan fingerprint density at radius 2 is 1.81 bits per heavy atom. The van der Waals surface area contributed by atoms with Crippen molar-refractivity contribution in [2.24, 2.45) is 5.92 Å². The van der Waals surface area contributed by atoms with E-state index in [0.29, 0.717) is 17.9 Å². The molecule has 0 fully saturated rings. The zero-order chi connectivity index (χ0) is 19.8. The second-order valence-corrected chi connectivity index (χ2v) is 6.85. The van der Waals surface area contributed by atoms with E-state index in [0.717, 1.165) is 11.1 Å². The number of carbonyl (C=O) groups excluding carboxylic acids is 2. The van der Waals surface area contributed by atoms with Gasteiger partial charge in [0.15, 0.2) is 0 Å². The maximum absolute atomic E-state index is 12.5. The van der Waals surface area contributed by atoms with Crippen LogP contribution in [0, 0.1) is 12.5 Å². The predicted octanol–water partition coefficient (Wildman–Crippen LogP) is 2.55. The number of benzene rings is 1. The third-order valence-electron chi connectivity index (χ3n) is 4.03. The largest absolute Gasteiger partial charge is 0.391 e. The molecule has 6 heteroatoms. The molecule has 3 N–H and O–H groups in total. The molecule has 0 aliphatic carbocycles. The molecule has 6 nitrogen and oxygen atoms in total. The fourth-order valence-corrected chi connectivity index (χ4v) is 2.46. The molecule has 0 saturated heterocycles. The van der Waals surface area contributed by atoms with Gasteiger partial charge in [-0.25, -0.2) is 0 Å². The summed E-state index contributed by atoms with van der Waals surface area (Å²) in [6.07, 6.45) is 3.14. The molecule has 2 rings (SSSR count). The first-order valence-electron chi connectivity index (χ1n) is 9.00. The number of nitrogens with zero attached hydrogens (tertiary/aromatic N) is 1. The summed E-state index contributed by atoms with van der Waals surface area (Å²) in [5.74, 6) is -0.452. The van der Waals surface area contributed by atoms with Gasteiger partial charge in [0.2, 0.25) is 5.91 Å². The van der Waals surface area contributed by atoms with Crippen LogP contribution < -0.4 is 10.6 Å². The van der Waals surface area contributed by atoms with Gasteiger partial charge in [-0.15, -0.1) is 0 Å². The SMILES string of the molecule is CC(C)C[CH]NC(=O)[C@@H](NC(=O)c1ccc(-c2cccnc2)cc1)[C@@H](C)O. The van der Waals surface area contributed by atoms with Crippen molar-refractivity contribution in [2.75, 3.05) is 0 Å². The lowest BCUT2D eigenvalue weighted by Gasteiger charge is -2.21. The molecule has 1 heterocycles. The van der Waals surface area contributed by atoms with E-state index in [4.69, 9.17) is 0 Å². The first kappa shape index (κ1) is 20.6. The average molecular weight is 368 g/mol. The van der Waals surface area contributed by atoms with Crippen molar-refractivity contribution in [2.45, 2.75) is 39.3 Å². The van der Waals surface area contributed by atoms with Crippen molar-refractivity contribution in [3.05, 3.63) is 60.9 Å². The fraction of sp³-hybridized carbons (Fsp3) is 0.333. The Balaban J connectivity index is 2.01. The minimum Gasteiger partial charge on any atom is -0.391 e. The molecule has 1 aromatic heterocycles. The molecule has 2 amide bonds. The van der Waals surface area contributed by atoms with Gasteiger partial charge in [-0.05, 0) is 48.6 Å². The molecular weight excluding hydrogens is 342 g/mol. The first-order chi connectivity index (χ1) is 12.9. The number of pyridine rings is 1. The van der Waals surface area contributed by atoms with Crippen molar-refractivity contribution in [1.82, 2.24) is 15.6 Å². The minimum atomic E-state index is -1.03. The van der Waals surface area contributed by atoms with Crippen LogP contribution in [-0.2, 0) is 4.79 Å². The van der Waals surface area contributed by atoms with Crippen LogP contribution in [0.2, 0.25) is 0 Å². The number of carbonyl (C=O) groups is 2. The summed E-state index contributed by atoms with van der Waals surface area (Å²) in [6.45, 7) is 7.19. The van der Waals surface area contributed by atoms with Gasteiger partial charge in [-0.1, -0.05) is 32.0 Å². The Labute approximate surface area is 160 Å². The minimum absolute atomic E-state index is 0.406. The number of aromatic nitrogens is 1. The average Bonchev–Trinajstić information content (AvgIpc) is 2.66. The van der Waals surface area contributed by atoms with Crippen LogP contribution in [0.1, 0.15) is 37.6 Å². The Bertz CT molecular complexity index is 743. The van der Waals surface area contributed by atoms with E-state index in [9.17, 15) is 14.7 Å². The molecule has 27 heavy (non-hydrogen) atoms. The summed E-state index contributed by atoms with van der Waals surface area (Å²) >= 11 is 0. The fourth-order valence-electron chi connectivity index (χ4n) is 2.46. The highest BCUT2D eigenvalue weighted by Gasteiger charge is 2.25. The molecule has 0 unspecified atom stereocenters. The quantitative estimate of drug-likeness (QED) is 0.668. The molecule has 1 radical (unpaired) electrons. The van der Waals surface area contributed by atoms with E-state index in [1.54, 1.807) is 31.1 Å². The standard InChI is InChI=1S/C21H26N3O3/c1-14(2)10-12-23-21(27)19(15(3)25)24-20(26)17-8-6-16(7-9-17)18-5-4-11-22-13-18/h4-9,11-15,19,25H,10H2,1-3H3,(H,23,27)(H,24,26)/t15-,19+/m1/s1. The molecule has 1 aromatic carbocycles. The third kappa shape index (κ3) is 6.18. The highest BCUT2D eigenvalue weighted by Crippen LogP contribution is 2.18. The van der Waals surface area contributed by atoms with Crippen LogP contribution in [0.25, 0.3) is 11.1 Å². The lowest BCUT2D eigenvalue weighted by molar-refractivity contribution is -0.124. The van der Waals surface area contributed by atoms with Crippen molar-refractivity contribution >= 4 is 11.8 Å². The van der Waals surface area contributed by atoms with Crippen molar-refractivity contribution < 1.29 is 14.7 Å². The molecule has 0 spiro atoms. The van der Waals surface area contributed by atoms with Crippen LogP contribution in [0.15, 0.2) is 48.8 Å². The second kappa shape index (κ2) is 9.83. The Morgan fingerprint density at radius 3 is 2.37 bits per heavy atom. The zero-order valence-electron chi connectivity index (χ0n) is 15.8. The van der Waals surface area contributed by atoms with Gasteiger partial charge >= 0.3 is 0 Å². The highest BCUT2D eigenvalue weighted by molar-refractivity contribution is 5.98. The summed E-state index contributed by atoms with van der Waals surface area (Å²) in [6, 6.07) is 9.75. The summed E-state index contributed by atoms with van der Waals surface area (Å²) in [5.41, 5.74) is 2.30. The molecular formula is C21H26N3O3. The Kier molecular flexibility index (Phi) is 7.49. The van der Waals surface area contributed by atoms with E-state index in [2.05, 4.69) is 15.6 Å². The lowest BCUT2D eigenvalue weighted by atomic mass is 10.0. The second-order valence-electron chi connectivity index (χ2n) is 6.85. The summed E-state index contributed by atoms with van der Waals surface area (Å²) in [4.78, 5) is 28.8. The monoisotopic (exact) mass is 368 g/mol. The van der Waals surface area contributed by atoms with E-state index in [-0.39, 0.29) is 0 Å². The predicted molar refractivity (Wildman–Crippen MR) is 105 cm³/mol. The van der Waals surface area contributed by atoms with Crippen LogP contribution in [0.5, 0.6) is 0 Å². The maximum atomic E-state index is 12.5. The van der Waals surface area contributed by atoms with Crippen LogP contribution >= 0.6 is 0 Å².